The Morgan fingerprint density at radius 2 is 1.88 bits per heavy atom. The van der Waals surface area contributed by atoms with Crippen LogP contribution in [0.5, 0.6) is 0 Å². The Labute approximate surface area is 205 Å². The van der Waals surface area contributed by atoms with Gasteiger partial charge in [0.25, 0.3) is 0 Å². The van der Waals surface area contributed by atoms with E-state index in [4.69, 9.17) is 4.74 Å². The molecule has 0 bridgehead atoms. The average molecular weight is 484 g/mol. The molecule has 3 heterocycles. The van der Waals surface area contributed by atoms with Gasteiger partial charge in [-0.05, 0) is 49.8 Å². The minimum atomic E-state index is -0.424. The first-order valence-corrected chi connectivity index (χ1v) is 12.8. The predicted octanol–water partition coefficient (Wildman–Crippen LogP) is 3.54. The molecule has 2 saturated heterocycles. The number of nitrogens with one attached hydrogen (secondary N) is 1. The number of amides is 3. The summed E-state index contributed by atoms with van der Waals surface area (Å²) in [6.07, 6.45) is 2.29. The average Bonchev–Trinajstić information content (AvgIpc) is 3.50. The fraction of sp³-hybridized carbons (Fsp3) is 0.500. The molecule has 2 atom stereocenters. The summed E-state index contributed by atoms with van der Waals surface area (Å²) in [5, 5.41) is 4.96. The number of piperidine rings is 1. The molecular weight excluding hydrogens is 450 g/mol. The lowest BCUT2D eigenvalue weighted by molar-refractivity contribution is -0.139. The Morgan fingerprint density at radius 3 is 2.53 bits per heavy atom. The minimum Gasteiger partial charge on any atom is -0.385 e. The molecule has 2 aliphatic heterocycles. The standard InChI is InChI=1S/C26H33N3O4S/c1-18-6-8-20(9-7-18)29-23(30)17-21(24(29)22-5-3-16-34-22)26(32)28-13-10-19(11-14-28)25(31)27-12-4-15-33-2/h3,5-9,16,19,21,24H,4,10-15,17H2,1-2H3,(H,27,31). The van der Waals surface area contributed by atoms with Crippen LogP contribution in [-0.4, -0.2) is 56.0 Å². The fourth-order valence-corrected chi connectivity index (χ4v) is 5.80. The number of ether oxygens (including phenoxy) is 1. The van der Waals surface area contributed by atoms with Crippen LogP contribution in [0.2, 0.25) is 0 Å². The van der Waals surface area contributed by atoms with E-state index in [0.717, 1.165) is 22.5 Å². The van der Waals surface area contributed by atoms with Crippen molar-refractivity contribution in [3.8, 4) is 0 Å². The Bertz CT molecular complexity index is 984. The zero-order chi connectivity index (χ0) is 24.1. The largest absolute Gasteiger partial charge is 0.385 e. The van der Waals surface area contributed by atoms with Crippen LogP contribution in [-0.2, 0) is 19.1 Å². The summed E-state index contributed by atoms with van der Waals surface area (Å²) in [6, 6.07) is 11.6. The number of rotatable bonds is 8. The van der Waals surface area contributed by atoms with Crippen LogP contribution < -0.4 is 10.2 Å². The maximum Gasteiger partial charge on any atom is 0.228 e. The van der Waals surface area contributed by atoms with E-state index in [2.05, 4.69) is 5.32 Å². The van der Waals surface area contributed by atoms with Gasteiger partial charge in [-0.25, -0.2) is 0 Å². The van der Waals surface area contributed by atoms with Crippen molar-refractivity contribution in [2.75, 3.05) is 38.3 Å². The van der Waals surface area contributed by atoms with Gasteiger partial charge >= 0.3 is 0 Å². The number of nitrogens with zero attached hydrogens (tertiary/aromatic N) is 2. The second kappa shape index (κ2) is 11.1. The summed E-state index contributed by atoms with van der Waals surface area (Å²) < 4.78 is 5.02. The third-order valence-electron chi connectivity index (χ3n) is 6.79. The molecule has 3 amide bonds. The van der Waals surface area contributed by atoms with Crippen molar-refractivity contribution in [1.29, 1.82) is 0 Å². The Balaban J connectivity index is 1.44. The van der Waals surface area contributed by atoms with E-state index in [1.807, 2.05) is 53.6 Å². The molecule has 4 rings (SSSR count). The van der Waals surface area contributed by atoms with Gasteiger partial charge in [0.1, 0.15) is 0 Å². The topological polar surface area (TPSA) is 79.0 Å². The van der Waals surface area contributed by atoms with E-state index in [-0.39, 0.29) is 36.1 Å². The summed E-state index contributed by atoms with van der Waals surface area (Å²) in [6.45, 7) is 4.33. The molecule has 34 heavy (non-hydrogen) atoms. The molecule has 1 aromatic heterocycles. The molecule has 2 aromatic rings. The highest BCUT2D eigenvalue weighted by atomic mass is 32.1. The summed E-state index contributed by atoms with van der Waals surface area (Å²) in [7, 11) is 1.65. The van der Waals surface area contributed by atoms with Gasteiger partial charge < -0.3 is 19.9 Å². The first-order valence-electron chi connectivity index (χ1n) is 12.0. The van der Waals surface area contributed by atoms with Gasteiger partial charge in [-0.2, -0.15) is 0 Å². The number of hydrogen-bond donors (Lipinski definition) is 1. The van der Waals surface area contributed by atoms with Crippen LogP contribution in [0.3, 0.4) is 0 Å². The number of anilines is 1. The number of carbonyl (C=O) groups is 3. The summed E-state index contributed by atoms with van der Waals surface area (Å²) in [4.78, 5) is 43.9. The van der Waals surface area contributed by atoms with Crippen LogP contribution in [0.25, 0.3) is 0 Å². The highest BCUT2D eigenvalue weighted by Crippen LogP contribution is 2.44. The normalized spacial score (nSPS) is 21.2. The lowest BCUT2D eigenvalue weighted by Crippen LogP contribution is -2.46. The molecule has 1 N–H and O–H groups in total. The molecule has 0 saturated carbocycles. The van der Waals surface area contributed by atoms with Gasteiger partial charge in [0.15, 0.2) is 0 Å². The molecule has 0 radical (unpaired) electrons. The maximum absolute atomic E-state index is 13.6. The molecule has 8 heteroatoms. The number of hydrogen-bond acceptors (Lipinski definition) is 5. The van der Waals surface area contributed by atoms with E-state index < -0.39 is 5.92 Å². The van der Waals surface area contributed by atoms with E-state index in [1.54, 1.807) is 23.3 Å². The summed E-state index contributed by atoms with van der Waals surface area (Å²) in [5.74, 6) is -0.451. The molecule has 182 valence electrons. The van der Waals surface area contributed by atoms with Crippen molar-refractivity contribution in [2.45, 2.75) is 38.6 Å². The van der Waals surface area contributed by atoms with Crippen molar-refractivity contribution in [3.05, 3.63) is 52.2 Å². The quantitative estimate of drug-likeness (QED) is 0.583. The van der Waals surface area contributed by atoms with E-state index >= 15 is 0 Å². The van der Waals surface area contributed by atoms with Gasteiger partial charge in [-0.1, -0.05) is 23.8 Å². The van der Waals surface area contributed by atoms with Crippen LogP contribution in [0.4, 0.5) is 5.69 Å². The van der Waals surface area contributed by atoms with Gasteiger partial charge in [0.05, 0.1) is 12.0 Å². The Hall–Kier alpha value is -2.71. The molecule has 2 fully saturated rings. The monoisotopic (exact) mass is 483 g/mol. The second-order valence-electron chi connectivity index (χ2n) is 9.11. The number of benzene rings is 1. The number of aryl methyl sites for hydroxylation is 1. The second-order valence-corrected chi connectivity index (χ2v) is 10.1. The lowest BCUT2D eigenvalue weighted by Gasteiger charge is -2.35. The van der Waals surface area contributed by atoms with Gasteiger partial charge in [-0.3, -0.25) is 14.4 Å². The van der Waals surface area contributed by atoms with Crippen molar-refractivity contribution >= 4 is 34.7 Å². The van der Waals surface area contributed by atoms with Crippen LogP contribution in [0, 0.1) is 18.8 Å². The summed E-state index contributed by atoms with van der Waals surface area (Å²) >= 11 is 1.58. The molecule has 7 nitrogen and oxygen atoms in total. The number of methoxy groups -OCH3 is 1. The first kappa shape index (κ1) is 24.4. The lowest BCUT2D eigenvalue weighted by atomic mass is 9.92. The van der Waals surface area contributed by atoms with E-state index in [0.29, 0.717) is 39.1 Å². The van der Waals surface area contributed by atoms with Crippen molar-refractivity contribution < 1.29 is 19.1 Å². The minimum absolute atomic E-state index is 0.0142. The predicted molar refractivity (Wildman–Crippen MR) is 133 cm³/mol. The van der Waals surface area contributed by atoms with Crippen molar-refractivity contribution in [1.82, 2.24) is 10.2 Å². The zero-order valence-electron chi connectivity index (χ0n) is 19.9. The van der Waals surface area contributed by atoms with Crippen LogP contribution in [0.1, 0.15) is 42.2 Å². The molecule has 2 unspecified atom stereocenters. The third kappa shape index (κ3) is 5.33. The number of likely N-dealkylation sites (tertiary alicyclic amines) is 1. The Morgan fingerprint density at radius 1 is 1.15 bits per heavy atom. The molecule has 0 aliphatic carbocycles. The zero-order valence-corrected chi connectivity index (χ0v) is 20.7. The third-order valence-corrected chi connectivity index (χ3v) is 7.73. The van der Waals surface area contributed by atoms with E-state index in [9.17, 15) is 14.4 Å². The molecule has 1 aromatic carbocycles. The maximum atomic E-state index is 13.6. The molecule has 0 spiro atoms. The molecule has 2 aliphatic rings. The fourth-order valence-electron chi connectivity index (χ4n) is 4.92. The number of thiophene rings is 1. The number of carbonyl (C=O) groups excluding carboxylic acids is 3. The van der Waals surface area contributed by atoms with Crippen molar-refractivity contribution in [3.63, 3.8) is 0 Å². The smallest absolute Gasteiger partial charge is 0.228 e. The SMILES string of the molecule is COCCCNC(=O)C1CCN(C(=O)C2CC(=O)N(c3ccc(C)cc3)C2c2cccs2)CC1. The van der Waals surface area contributed by atoms with Crippen molar-refractivity contribution in [2.24, 2.45) is 11.8 Å². The Kier molecular flexibility index (Phi) is 8.00. The first-order chi connectivity index (χ1) is 16.5. The van der Waals surface area contributed by atoms with Crippen LogP contribution in [0.15, 0.2) is 41.8 Å². The van der Waals surface area contributed by atoms with E-state index in [1.165, 1.54) is 0 Å². The summed E-state index contributed by atoms with van der Waals surface area (Å²) in [5.41, 5.74) is 1.95. The van der Waals surface area contributed by atoms with Crippen LogP contribution >= 0.6 is 11.3 Å². The van der Waals surface area contributed by atoms with Gasteiger partial charge in [0.2, 0.25) is 17.7 Å². The van der Waals surface area contributed by atoms with Gasteiger partial charge in [-0.15, -0.1) is 11.3 Å². The van der Waals surface area contributed by atoms with Gasteiger partial charge in [0, 0.05) is 56.3 Å². The highest BCUT2D eigenvalue weighted by molar-refractivity contribution is 7.10. The highest BCUT2D eigenvalue weighted by Gasteiger charge is 2.47. The molecular formula is C26H33N3O4S.